The number of hydrogen-bond acceptors (Lipinski definition) is 7. The topological polar surface area (TPSA) is 137 Å². The van der Waals surface area contributed by atoms with Crippen LogP contribution in [0.25, 0.3) is 0 Å². The molecule has 210 valence electrons. The van der Waals surface area contributed by atoms with E-state index in [9.17, 15) is 26.4 Å². The number of carbonyl (C=O) groups is 2. The van der Waals surface area contributed by atoms with Crippen LogP contribution in [0.2, 0.25) is 0 Å². The third-order valence-corrected chi connectivity index (χ3v) is 6.59. The normalized spacial score (nSPS) is 13.8. The summed E-state index contributed by atoms with van der Waals surface area (Å²) < 4.78 is 65.8. The first-order valence-corrected chi connectivity index (χ1v) is 13.1. The van der Waals surface area contributed by atoms with Crippen molar-refractivity contribution in [3.05, 3.63) is 48.0 Å². The number of nitrogens with one attached hydrogen (secondary N) is 3. The molecule has 0 aliphatic carbocycles. The molecule has 1 amide bonds. The van der Waals surface area contributed by atoms with Crippen LogP contribution in [0.1, 0.15) is 24.2 Å². The van der Waals surface area contributed by atoms with Crippen LogP contribution in [0.15, 0.2) is 47.4 Å². The monoisotopic (exact) mass is 560 g/mol. The Morgan fingerprint density at radius 1 is 1.13 bits per heavy atom. The molecule has 0 aromatic heterocycles. The number of benzene rings is 2. The first-order valence-electron chi connectivity index (χ1n) is 11.6. The predicted octanol–water partition coefficient (Wildman–Crippen LogP) is 2.92. The van der Waals surface area contributed by atoms with Crippen LogP contribution in [-0.4, -0.2) is 71.4 Å². The van der Waals surface area contributed by atoms with Crippen LogP contribution >= 0.6 is 0 Å². The van der Waals surface area contributed by atoms with Crippen LogP contribution in [0.4, 0.5) is 24.5 Å². The quantitative estimate of drug-likeness (QED) is 0.387. The van der Waals surface area contributed by atoms with Gasteiger partial charge in [0.15, 0.2) is 0 Å². The zero-order chi connectivity index (χ0) is 28.5. The van der Waals surface area contributed by atoms with Gasteiger partial charge in [-0.25, -0.2) is 13.2 Å². The number of nitrogens with zero attached hydrogens (tertiary/aromatic N) is 1. The summed E-state index contributed by atoms with van der Waals surface area (Å²) in [6, 6.07) is 11.4. The maximum Gasteiger partial charge on any atom is 0.490 e. The van der Waals surface area contributed by atoms with Crippen molar-refractivity contribution < 1.29 is 41.0 Å². The highest BCUT2D eigenvalue weighted by Gasteiger charge is 2.38. The molecule has 1 aliphatic rings. The Bertz CT molecular complexity index is 1220. The van der Waals surface area contributed by atoms with Crippen molar-refractivity contribution in [3.8, 4) is 5.75 Å². The van der Waals surface area contributed by atoms with Crippen molar-refractivity contribution in [1.82, 2.24) is 10.6 Å². The van der Waals surface area contributed by atoms with Gasteiger partial charge in [-0.3, -0.25) is 9.52 Å². The van der Waals surface area contributed by atoms with E-state index in [1.54, 1.807) is 30.3 Å². The molecule has 0 unspecified atom stereocenters. The second-order valence-electron chi connectivity index (χ2n) is 8.66. The summed E-state index contributed by atoms with van der Waals surface area (Å²) in [5.74, 6) is -2.22. The second-order valence-corrected chi connectivity index (χ2v) is 10.3. The Labute approximate surface area is 219 Å². The highest BCUT2D eigenvalue weighted by atomic mass is 32.2. The maximum absolute atomic E-state index is 13.1. The van der Waals surface area contributed by atoms with Crippen molar-refractivity contribution in [2.75, 3.05) is 49.5 Å². The summed E-state index contributed by atoms with van der Waals surface area (Å²) in [4.78, 5) is 23.7. The van der Waals surface area contributed by atoms with Gasteiger partial charge >= 0.3 is 12.1 Å². The van der Waals surface area contributed by atoms with E-state index in [1.165, 1.54) is 19.2 Å². The average molecular weight is 561 g/mol. The lowest BCUT2D eigenvalue weighted by molar-refractivity contribution is -0.192. The van der Waals surface area contributed by atoms with Crippen molar-refractivity contribution in [3.63, 3.8) is 0 Å². The Morgan fingerprint density at radius 2 is 1.76 bits per heavy atom. The maximum atomic E-state index is 13.1. The fourth-order valence-corrected chi connectivity index (χ4v) is 4.41. The molecule has 0 radical (unpaired) electrons. The minimum atomic E-state index is -5.08. The smallest absolute Gasteiger partial charge is 0.490 e. The van der Waals surface area contributed by atoms with E-state index >= 15 is 0 Å². The zero-order valence-corrected chi connectivity index (χ0v) is 21.9. The number of hydrogen-bond donors (Lipinski definition) is 4. The lowest BCUT2D eigenvalue weighted by Gasteiger charge is -2.31. The minimum Gasteiger partial charge on any atom is -0.497 e. The molecule has 14 heteroatoms. The number of ether oxygens (including phenoxy) is 1. The molecular formula is C24H31F3N4O6S. The molecule has 0 atom stereocenters. The fraction of sp³-hybridized carbons (Fsp3) is 0.417. The molecular weight excluding hydrogens is 529 g/mol. The van der Waals surface area contributed by atoms with Crippen LogP contribution in [-0.2, 0) is 14.8 Å². The molecule has 0 spiro atoms. The summed E-state index contributed by atoms with van der Waals surface area (Å²) in [6.45, 7) is 7.67. The van der Waals surface area contributed by atoms with E-state index in [4.69, 9.17) is 14.6 Å². The number of alkyl halides is 3. The van der Waals surface area contributed by atoms with Gasteiger partial charge in [-0.1, -0.05) is 19.9 Å². The van der Waals surface area contributed by atoms with Gasteiger partial charge in [0.05, 0.1) is 23.4 Å². The van der Waals surface area contributed by atoms with Crippen LogP contribution < -0.4 is 25.0 Å². The van der Waals surface area contributed by atoms with Crippen molar-refractivity contribution >= 4 is 33.3 Å². The Morgan fingerprint density at radius 3 is 2.32 bits per heavy atom. The summed E-state index contributed by atoms with van der Waals surface area (Å²) in [6.07, 6.45) is -5.08. The number of anilines is 2. The summed E-state index contributed by atoms with van der Waals surface area (Å²) in [5, 5.41) is 13.3. The van der Waals surface area contributed by atoms with E-state index in [2.05, 4.69) is 20.3 Å². The molecule has 0 bridgehead atoms. The molecule has 2 aromatic carbocycles. The standard InChI is InChI=1S/C22H30N4O4S.C2HF3O2/c1-16(2)15-24-22(27)17-7-8-21(26-11-9-23-10-12-26)20(13-17)25-31(28,29)19-6-4-5-18(14-19)30-3;3-2(4,5)1(6)7/h4-8,13-14,16,23,25H,9-12,15H2,1-3H3,(H,24,27);(H,6,7). The van der Waals surface area contributed by atoms with Gasteiger partial charge in [-0.05, 0) is 36.2 Å². The number of aliphatic carboxylic acids is 1. The number of rotatable bonds is 8. The largest absolute Gasteiger partial charge is 0.497 e. The molecule has 1 saturated heterocycles. The lowest BCUT2D eigenvalue weighted by atomic mass is 10.1. The van der Waals surface area contributed by atoms with Gasteiger partial charge in [0.25, 0.3) is 15.9 Å². The number of halogens is 3. The van der Waals surface area contributed by atoms with Gasteiger partial charge < -0.3 is 25.4 Å². The molecule has 38 heavy (non-hydrogen) atoms. The molecule has 10 nitrogen and oxygen atoms in total. The molecule has 2 aromatic rings. The van der Waals surface area contributed by atoms with E-state index in [1.807, 2.05) is 13.8 Å². The Kier molecular flexibility index (Phi) is 10.8. The number of methoxy groups -OCH3 is 1. The van der Waals surface area contributed by atoms with Crippen molar-refractivity contribution in [2.45, 2.75) is 24.9 Å². The fourth-order valence-electron chi connectivity index (χ4n) is 3.31. The SMILES string of the molecule is COc1cccc(S(=O)(=O)Nc2cc(C(=O)NCC(C)C)ccc2N2CCNCC2)c1.O=C(O)C(F)(F)F. The second kappa shape index (κ2) is 13.3. The highest BCUT2D eigenvalue weighted by molar-refractivity contribution is 7.92. The summed E-state index contributed by atoms with van der Waals surface area (Å²) in [5.41, 5.74) is 1.53. The van der Waals surface area contributed by atoms with Gasteiger partial charge in [-0.15, -0.1) is 0 Å². The third kappa shape index (κ3) is 9.10. The van der Waals surface area contributed by atoms with Crippen molar-refractivity contribution in [1.29, 1.82) is 0 Å². The summed E-state index contributed by atoms with van der Waals surface area (Å²) in [7, 11) is -2.39. The first-order chi connectivity index (χ1) is 17.7. The van der Waals surface area contributed by atoms with Gasteiger partial charge in [0.1, 0.15) is 5.75 Å². The lowest BCUT2D eigenvalue weighted by Crippen LogP contribution is -2.43. The molecule has 3 rings (SSSR count). The van der Waals surface area contributed by atoms with E-state index < -0.39 is 22.2 Å². The molecule has 0 saturated carbocycles. The van der Waals surface area contributed by atoms with Crippen LogP contribution in [0, 0.1) is 5.92 Å². The number of amides is 1. The predicted molar refractivity (Wildman–Crippen MR) is 136 cm³/mol. The number of piperazine rings is 1. The third-order valence-electron chi connectivity index (χ3n) is 5.23. The van der Waals surface area contributed by atoms with E-state index in [0.29, 0.717) is 29.5 Å². The van der Waals surface area contributed by atoms with Gasteiger partial charge in [-0.2, -0.15) is 13.2 Å². The molecule has 4 N–H and O–H groups in total. The van der Waals surface area contributed by atoms with Crippen molar-refractivity contribution in [2.24, 2.45) is 5.92 Å². The summed E-state index contributed by atoms with van der Waals surface area (Å²) >= 11 is 0. The molecule has 1 fully saturated rings. The van der Waals surface area contributed by atoms with E-state index in [-0.39, 0.29) is 10.8 Å². The minimum absolute atomic E-state index is 0.0905. The van der Waals surface area contributed by atoms with Gasteiger partial charge in [0, 0.05) is 44.4 Å². The first kappa shape index (κ1) is 30.7. The Hall–Kier alpha value is -3.52. The van der Waals surface area contributed by atoms with E-state index in [0.717, 1.165) is 31.9 Å². The number of sulfonamides is 1. The average Bonchev–Trinajstić information content (AvgIpc) is 2.87. The molecule has 1 heterocycles. The Balaban J connectivity index is 0.000000638. The van der Waals surface area contributed by atoms with Crippen LogP contribution in [0.3, 0.4) is 0 Å². The zero-order valence-electron chi connectivity index (χ0n) is 21.1. The number of carboxylic acid groups (broad SMARTS) is 1. The number of carbonyl (C=O) groups excluding carboxylic acids is 1. The molecule has 1 aliphatic heterocycles. The highest BCUT2D eigenvalue weighted by Crippen LogP contribution is 2.30. The van der Waals surface area contributed by atoms with Crippen LogP contribution in [0.5, 0.6) is 5.75 Å². The van der Waals surface area contributed by atoms with Gasteiger partial charge in [0.2, 0.25) is 0 Å². The number of carboxylic acids is 1.